The molecule has 1 unspecified atom stereocenters. The third-order valence-electron chi connectivity index (χ3n) is 4.36. The van der Waals surface area contributed by atoms with Gasteiger partial charge in [-0.25, -0.2) is 4.79 Å². The number of aryl methyl sites for hydroxylation is 1. The highest BCUT2D eigenvalue weighted by Gasteiger charge is 2.31. The van der Waals surface area contributed by atoms with Crippen LogP contribution < -0.4 is 10.2 Å². The van der Waals surface area contributed by atoms with Crippen molar-refractivity contribution in [2.75, 3.05) is 11.4 Å². The van der Waals surface area contributed by atoms with Crippen molar-refractivity contribution < 1.29 is 23.1 Å². The van der Waals surface area contributed by atoms with Gasteiger partial charge in [-0.2, -0.15) is 13.2 Å². The van der Waals surface area contributed by atoms with Gasteiger partial charge in [0.2, 0.25) is 0 Å². The van der Waals surface area contributed by atoms with E-state index in [1.54, 1.807) is 0 Å². The maximum atomic E-state index is 12.8. The lowest BCUT2D eigenvalue weighted by Crippen LogP contribution is -2.46. The Morgan fingerprint density at radius 3 is 2.48 bits per heavy atom. The first kappa shape index (κ1) is 17.1. The Kier molecular flexibility index (Phi) is 4.32. The summed E-state index contributed by atoms with van der Waals surface area (Å²) < 4.78 is 38.3. The van der Waals surface area contributed by atoms with E-state index < -0.39 is 17.8 Å². The van der Waals surface area contributed by atoms with E-state index in [-0.39, 0.29) is 6.04 Å². The molecule has 1 amide bonds. The van der Waals surface area contributed by atoms with Gasteiger partial charge in [0.05, 0.1) is 11.6 Å². The van der Waals surface area contributed by atoms with Crippen LogP contribution in [-0.2, 0) is 12.6 Å². The number of nitrogens with one attached hydrogen (secondary N) is 1. The Labute approximate surface area is 142 Å². The maximum Gasteiger partial charge on any atom is 0.416 e. The fourth-order valence-electron chi connectivity index (χ4n) is 3.18. The molecule has 2 aromatic carbocycles. The highest BCUT2D eigenvalue weighted by molar-refractivity contribution is 5.71. The quantitative estimate of drug-likeness (QED) is 0.847. The lowest BCUT2D eigenvalue weighted by molar-refractivity contribution is -0.137. The normalized spacial score (nSPS) is 17.1. The van der Waals surface area contributed by atoms with Crippen LogP contribution in [-0.4, -0.2) is 23.8 Å². The second-order valence-corrected chi connectivity index (χ2v) is 6.08. The summed E-state index contributed by atoms with van der Waals surface area (Å²) in [5.74, 6) is 0. The molecule has 2 N–H and O–H groups in total. The summed E-state index contributed by atoms with van der Waals surface area (Å²) in [7, 11) is 0. The number of nitrogens with zero attached hydrogens (tertiary/aromatic N) is 1. The first-order valence-electron chi connectivity index (χ1n) is 7.78. The number of rotatable bonds is 2. The van der Waals surface area contributed by atoms with Crippen LogP contribution in [0.25, 0.3) is 0 Å². The van der Waals surface area contributed by atoms with Gasteiger partial charge < -0.3 is 15.3 Å². The van der Waals surface area contributed by atoms with Crippen LogP contribution >= 0.6 is 0 Å². The highest BCUT2D eigenvalue weighted by atomic mass is 19.4. The Bertz CT molecular complexity index is 788. The van der Waals surface area contributed by atoms with E-state index in [0.717, 1.165) is 28.9 Å². The fourth-order valence-corrected chi connectivity index (χ4v) is 3.18. The van der Waals surface area contributed by atoms with Gasteiger partial charge >= 0.3 is 12.3 Å². The Balaban J connectivity index is 1.99. The number of benzene rings is 2. The van der Waals surface area contributed by atoms with Crippen LogP contribution in [0.5, 0.6) is 0 Å². The molecule has 0 saturated heterocycles. The topological polar surface area (TPSA) is 52.6 Å². The fraction of sp³-hybridized carbons (Fsp3) is 0.278. The van der Waals surface area contributed by atoms with Crippen LogP contribution in [0.2, 0.25) is 0 Å². The van der Waals surface area contributed by atoms with Crippen molar-refractivity contribution in [3.8, 4) is 0 Å². The van der Waals surface area contributed by atoms with Crippen LogP contribution in [0.15, 0.2) is 42.5 Å². The van der Waals surface area contributed by atoms with E-state index in [2.05, 4.69) is 5.32 Å². The minimum absolute atomic E-state index is 0.339. The SMILES string of the molecule is Cc1cccc2c1CC(NC(=O)O)CN2c1ccc(C(F)(F)F)cc1. The van der Waals surface area contributed by atoms with Crippen molar-refractivity contribution in [1.82, 2.24) is 5.32 Å². The van der Waals surface area contributed by atoms with Crippen molar-refractivity contribution in [2.45, 2.75) is 25.6 Å². The molecule has 1 heterocycles. The summed E-state index contributed by atoms with van der Waals surface area (Å²) in [6.45, 7) is 2.29. The molecule has 0 bridgehead atoms. The van der Waals surface area contributed by atoms with Crippen molar-refractivity contribution in [3.63, 3.8) is 0 Å². The lowest BCUT2D eigenvalue weighted by atomic mass is 9.93. The predicted molar refractivity (Wildman–Crippen MR) is 88.3 cm³/mol. The van der Waals surface area contributed by atoms with Crippen LogP contribution in [0.3, 0.4) is 0 Å². The van der Waals surface area contributed by atoms with E-state index in [0.29, 0.717) is 18.7 Å². The minimum Gasteiger partial charge on any atom is -0.465 e. The molecule has 0 spiro atoms. The number of hydrogen-bond acceptors (Lipinski definition) is 2. The number of alkyl halides is 3. The maximum absolute atomic E-state index is 12.8. The number of anilines is 2. The van der Waals surface area contributed by atoms with Gasteiger partial charge in [0, 0.05) is 17.9 Å². The zero-order valence-electron chi connectivity index (χ0n) is 13.5. The smallest absolute Gasteiger partial charge is 0.416 e. The van der Waals surface area contributed by atoms with Crippen molar-refractivity contribution in [3.05, 3.63) is 59.2 Å². The molecule has 1 aliphatic rings. The standard InChI is InChI=1S/C18H17F3N2O2/c1-11-3-2-4-16-15(11)9-13(22-17(24)25)10-23(16)14-7-5-12(6-8-14)18(19,20)21/h2-8,13,22H,9-10H2,1H3,(H,24,25). The molecule has 0 saturated carbocycles. The summed E-state index contributed by atoms with van der Waals surface area (Å²) in [4.78, 5) is 12.9. The van der Waals surface area contributed by atoms with E-state index in [9.17, 15) is 18.0 Å². The van der Waals surface area contributed by atoms with Crippen LogP contribution in [0, 0.1) is 6.92 Å². The average molecular weight is 350 g/mol. The number of fused-ring (bicyclic) bond motifs is 1. The van der Waals surface area contributed by atoms with E-state index in [1.807, 2.05) is 30.0 Å². The number of halogens is 3. The van der Waals surface area contributed by atoms with Gasteiger partial charge in [0.15, 0.2) is 0 Å². The summed E-state index contributed by atoms with van der Waals surface area (Å²) in [5, 5.41) is 11.5. The number of carboxylic acid groups (broad SMARTS) is 1. The highest BCUT2D eigenvalue weighted by Crippen LogP contribution is 2.37. The second kappa shape index (κ2) is 6.31. The molecule has 1 atom stereocenters. The third-order valence-corrected chi connectivity index (χ3v) is 4.36. The molecule has 7 heteroatoms. The monoisotopic (exact) mass is 350 g/mol. The summed E-state index contributed by atoms with van der Waals surface area (Å²) in [6.07, 6.45) is -4.96. The van der Waals surface area contributed by atoms with Crippen molar-refractivity contribution >= 4 is 17.5 Å². The Hall–Kier alpha value is -2.70. The number of carbonyl (C=O) groups is 1. The van der Waals surface area contributed by atoms with Crippen molar-refractivity contribution in [2.24, 2.45) is 0 Å². The molecule has 132 valence electrons. The Morgan fingerprint density at radius 1 is 1.20 bits per heavy atom. The van der Waals surface area contributed by atoms with Gasteiger partial charge in [-0.05, 0) is 54.8 Å². The van der Waals surface area contributed by atoms with Gasteiger partial charge in [0.25, 0.3) is 0 Å². The second-order valence-electron chi connectivity index (χ2n) is 6.08. The molecule has 25 heavy (non-hydrogen) atoms. The van der Waals surface area contributed by atoms with Gasteiger partial charge in [0.1, 0.15) is 0 Å². The molecule has 2 aromatic rings. The molecule has 0 aromatic heterocycles. The summed E-state index contributed by atoms with van der Waals surface area (Å²) in [5.41, 5.74) is 2.79. The molecule has 4 nitrogen and oxygen atoms in total. The average Bonchev–Trinajstić information content (AvgIpc) is 2.54. The van der Waals surface area contributed by atoms with Crippen molar-refractivity contribution in [1.29, 1.82) is 0 Å². The third kappa shape index (κ3) is 3.55. The molecule has 1 aliphatic heterocycles. The number of hydrogen-bond donors (Lipinski definition) is 2. The lowest BCUT2D eigenvalue weighted by Gasteiger charge is -2.37. The molecular weight excluding hydrogens is 333 g/mol. The Morgan fingerprint density at radius 2 is 1.88 bits per heavy atom. The van der Waals surface area contributed by atoms with Crippen LogP contribution in [0.4, 0.5) is 29.3 Å². The zero-order chi connectivity index (χ0) is 18.2. The molecule has 0 aliphatic carbocycles. The summed E-state index contributed by atoms with van der Waals surface area (Å²) >= 11 is 0. The first-order valence-corrected chi connectivity index (χ1v) is 7.78. The minimum atomic E-state index is -4.39. The van der Waals surface area contributed by atoms with E-state index >= 15 is 0 Å². The van der Waals surface area contributed by atoms with Gasteiger partial charge in [-0.3, -0.25) is 0 Å². The molecular formula is C18H17F3N2O2. The number of amides is 1. The van der Waals surface area contributed by atoms with Gasteiger partial charge in [-0.1, -0.05) is 12.1 Å². The zero-order valence-corrected chi connectivity index (χ0v) is 13.5. The van der Waals surface area contributed by atoms with Gasteiger partial charge in [-0.15, -0.1) is 0 Å². The molecule has 3 rings (SSSR count). The van der Waals surface area contributed by atoms with E-state index in [4.69, 9.17) is 5.11 Å². The molecule has 0 fully saturated rings. The molecule has 0 radical (unpaired) electrons. The first-order chi connectivity index (χ1) is 11.8. The van der Waals surface area contributed by atoms with Crippen LogP contribution in [0.1, 0.15) is 16.7 Å². The van der Waals surface area contributed by atoms with E-state index in [1.165, 1.54) is 12.1 Å². The summed E-state index contributed by atoms with van der Waals surface area (Å²) in [6, 6.07) is 10.3. The largest absolute Gasteiger partial charge is 0.465 e. The predicted octanol–water partition coefficient (Wildman–Crippen LogP) is 4.34.